The smallest absolute Gasteiger partial charge is 0.228 e. The first kappa shape index (κ1) is 16.2. The van der Waals surface area contributed by atoms with Gasteiger partial charge in [-0.3, -0.25) is 9.59 Å². The second kappa shape index (κ2) is 7.30. The molecule has 4 nitrogen and oxygen atoms in total. The van der Waals surface area contributed by atoms with Gasteiger partial charge in [-0.25, -0.2) is 0 Å². The standard InChI is InChI=1S/C20H22N2O2/c1-14(7-8-15-5-3-2-4-6-15)11-19(23)21-17-9-10-18-16(12-17)13-20(24)22-18/h2-6,9-10,12,14H,7-8,11,13H2,1H3,(H,21,23)(H,22,24). The molecule has 0 aromatic heterocycles. The van der Waals surface area contributed by atoms with Gasteiger partial charge in [0.05, 0.1) is 6.42 Å². The van der Waals surface area contributed by atoms with E-state index in [2.05, 4.69) is 29.7 Å². The van der Waals surface area contributed by atoms with Crippen LogP contribution in [0.15, 0.2) is 48.5 Å². The van der Waals surface area contributed by atoms with Crippen LogP contribution < -0.4 is 10.6 Å². The number of fused-ring (bicyclic) bond motifs is 1. The van der Waals surface area contributed by atoms with Gasteiger partial charge in [-0.05, 0) is 48.1 Å². The van der Waals surface area contributed by atoms with Crippen LogP contribution in [-0.2, 0) is 22.4 Å². The van der Waals surface area contributed by atoms with Crippen LogP contribution in [0.1, 0.15) is 30.9 Å². The molecule has 1 aliphatic heterocycles. The normalized spacial score (nSPS) is 14.0. The summed E-state index contributed by atoms with van der Waals surface area (Å²) in [5.74, 6) is 0.346. The SMILES string of the molecule is CC(CCc1ccccc1)CC(=O)Nc1ccc2c(c1)CC(=O)N2. The Hall–Kier alpha value is -2.62. The van der Waals surface area contributed by atoms with Crippen LogP contribution in [0.3, 0.4) is 0 Å². The van der Waals surface area contributed by atoms with Crippen molar-refractivity contribution in [2.45, 2.75) is 32.6 Å². The van der Waals surface area contributed by atoms with Crippen LogP contribution in [-0.4, -0.2) is 11.8 Å². The molecule has 0 spiro atoms. The van der Waals surface area contributed by atoms with Gasteiger partial charge in [0.1, 0.15) is 0 Å². The summed E-state index contributed by atoms with van der Waals surface area (Å²) in [7, 11) is 0. The maximum absolute atomic E-state index is 12.2. The lowest BCUT2D eigenvalue weighted by Crippen LogP contribution is -2.15. The largest absolute Gasteiger partial charge is 0.326 e. The highest BCUT2D eigenvalue weighted by Crippen LogP contribution is 2.26. The molecule has 2 amide bonds. The summed E-state index contributed by atoms with van der Waals surface area (Å²) in [6.45, 7) is 2.10. The highest BCUT2D eigenvalue weighted by atomic mass is 16.2. The van der Waals surface area contributed by atoms with Crippen molar-refractivity contribution < 1.29 is 9.59 Å². The first-order valence-electron chi connectivity index (χ1n) is 8.37. The van der Waals surface area contributed by atoms with E-state index < -0.39 is 0 Å². The molecule has 0 fully saturated rings. The number of amides is 2. The molecule has 3 rings (SSSR count). The second-order valence-corrected chi connectivity index (χ2v) is 6.48. The quantitative estimate of drug-likeness (QED) is 0.850. The average Bonchev–Trinajstić information content (AvgIpc) is 2.93. The molecule has 124 valence electrons. The maximum Gasteiger partial charge on any atom is 0.228 e. The zero-order chi connectivity index (χ0) is 16.9. The number of rotatable bonds is 6. The molecule has 1 unspecified atom stereocenters. The van der Waals surface area contributed by atoms with E-state index in [0.29, 0.717) is 18.8 Å². The topological polar surface area (TPSA) is 58.2 Å². The Bertz CT molecular complexity index is 741. The van der Waals surface area contributed by atoms with Crippen molar-refractivity contribution in [2.24, 2.45) is 5.92 Å². The van der Waals surface area contributed by atoms with Crippen LogP contribution >= 0.6 is 0 Å². The number of benzene rings is 2. The van der Waals surface area contributed by atoms with Gasteiger partial charge >= 0.3 is 0 Å². The molecule has 1 atom stereocenters. The van der Waals surface area contributed by atoms with Crippen LogP contribution in [0, 0.1) is 5.92 Å². The molecular formula is C20H22N2O2. The fourth-order valence-electron chi connectivity index (χ4n) is 3.00. The highest BCUT2D eigenvalue weighted by Gasteiger charge is 2.18. The Morgan fingerprint density at radius 2 is 2.00 bits per heavy atom. The lowest BCUT2D eigenvalue weighted by molar-refractivity contribution is -0.117. The average molecular weight is 322 g/mol. The minimum Gasteiger partial charge on any atom is -0.326 e. The van der Waals surface area contributed by atoms with E-state index >= 15 is 0 Å². The van der Waals surface area contributed by atoms with Gasteiger partial charge in [0, 0.05) is 17.8 Å². The number of anilines is 2. The summed E-state index contributed by atoms with van der Waals surface area (Å²) in [5, 5.41) is 5.73. The van der Waals surface area contributed by atoms with Crippen molar-refractivity contribution in [3.8, 4) is 0 Å². The molecule has 2 N–H and O–H groups in total. The fraction of sp³-hybridized carbons (Fsp3) is 0.300. The molecule has 0 aliphatic carbocycles. The van der Waals surface area contributed by atoms with Crippen LogP contribution in [0.2, 0.25) is 0 Å². The number of hydrogen-bond acceptors (Lipinski definition) is 2. The second-order valence-electron chi connectivity index (χ2n) is 6.48. The van der Waals surface area contributed by atoms with Gasteiger partial charge in [0.15, 0.2) is 0 Å². The molecule has 2 aromatic rings. The van der Waals surface area contributed by atoms with Crippen molar-refractivity contribution >= 4 is 23.2 Å². The van der Waals surface area contributed by atoms with Crippen molar-refractivity contribution in [2.75, 3.05) is 10.6 Å². The maximum atomic E-state index is 12.2. The van der Waals surface area contributed by atoms with Crippen molar-refractivity contribution in [3.05, 3.63) is 59.7 Å². The summed E-state index contributed by atoms with van der Waals surface area (Å²) < 4.78 is 0. The number of nitrogens with one attached hydrogen (secondary N) is 2. The molecule has 2 aromatic carbocycles. The lowest BCUT2D eigenvalue weighted by Gasteiger charge is -2.12. The van der Waals surface area contributed by atoms with Crippen LogP contribution in [0.5, 0.6) is 0 Å². The third-order valence-electron chi connectivity index (χ3n) is 4.32. The minimum atomic E-state index is 0.00279. The third-order valence-corrected chi connectivity index (χ3v) is 4.32. The zero-order valence-corrected chi connectivity index (χ0v) is 13.8. The minimum absolute atomic E-state index is 0.00279. The Balaban J connectivity index is 1.49. The summed E-state index contributed by atoms with van der Waals surface area (Å²) >= 11 is 0. The molecule has 0 saturated heterocycles. The zero-order valence-electron chi connectivity index (χ0n) is 13.8. The van der Waals surface area contributed by atoms with Gasteiger partial charge in [0.25, 0.3) is 0 Å². The molecule has 4 heteroatoms. The predicted molar refractivity (Wildman–Crippen MR) is 95.9 cm³/mol. The van der Waals surface area contributed by atoms with Crippen molar-refractivity contribution in [1.82, 2.24) is 0 Å². The number of hydrogen-bond donors (Lipinski definition) is 2. The molecule has 24 heavy (non-hydrogen) atoms. The predicted octanol–water partition coefficient (Wildman–Crippen LogP) is 3.78. The van der Waals surface area contributed by atoms with E-state index in [-0.39, 0.29) is 11.8 Å². The third kappa shape index (κ3) is 4.22. The van der Waals surface area contributed by atoms with Gasteiger partial charge in [-0.1, -0.05) is 37.3 Å². The molecule has 0 bridgehead atoms. The van der Waals surface area contributed by atoms with E-state index in [4.69, 9.17) is 0 Å². The van der Waals surface area contributed by atoms with Crippen LogP contribution in [0.4, 0.5) is 11.4 Å². The van der Waals surface area contributed by atoms with E-state index in [9.17, 15) is 9.59 Å². The Labute approximate surface area is 142 Å². The fourth-order valence-corrected chi connectivity index (χ4v) is 3.00. The van der Waals surface area contributed by atoms with Gasteiger partial charge in [-0.2, -0.15) is 0 Å². The number of carbonyl (C=O) groups is 2. The Morgan fingerprint density at radius 3 is 2.79 bits per heavy atom. The summed E-state index contributed by atoms with van der Waals surface area (Å²) in [6, 6.07) is 15.9. The molecular weight excluding hydrogens is 300 g/mol. The van der Waals surface area contributed by atoms with E-state index in [1.807, 2.05) is 36.4 Å². The number of carbonyl (C=O) groups excluding carboxylic acids is 2. The first-order chi connectivity index (χ1) is 11.6. The van der Waals surface area contributed by atoms with E-state index in [1.54, 1.807) is 0 Å². The molecule has 1 heterocycles. The monoisotopic (exact) mass is 322 g/mol. The Kier molecular flexibility index (Phi) is 4.94. The van der Waals surface area contributed by atoms with Crippen molar-refractivity contribution in [1.29, 1.82) is 0 Å². The van der Waals surface area contributed by atoms with Crippen molar-refractivity contribution in [3.63, 3.8) is 0 Å². The number of aryl methyl sites for hydroxylation is 1. The summed E-state index contributed by atoms with van der Waals surface area (Å²) in [4.78, 5) is 23.6. The molecule has 0 radical (unpaired) electrons. The molecule has 1 aliphatic rings. The first-order valence-corrected chi connectivity index (χ1v) is 8.37. The van der Waals surface area contributed by atoms with E-state index in [0.717, 1.165) is 29.8 Å². The highest BCUT2D eigenvalue weighted by molar-refractivity contribution is 6.00. The summed E-state index contributed by atoms with van der Waals surface area (Å²) in [5.41, 5.74) is 3.84. The lowest BCUT2D eigenvalue weighted by atomic mass is 9.98. The van der Waals surface area contributed by atoms with Gasteiger partial charge < -0.3 is 10.6 Å². The summed E-state index contributed by atoms with van der Waals surface area (Å²) in [6.07, 6.45) is 2.86. The van der Waals surface area contributed by atoms with Gasteiger partial charge in [-0.15, -0.1) is 0 Å². The van der Waals surface area contributed by atoms with Gasteiger partial charge in [0.2, 0.25) is 11.8 Å². The Morgan fingerprint density at radius 1 is 1.21 bits per heavy atom. The molecule has 0 saturated carbocycles. The van der Waals surface area contributed by atoms with Crippen LogP contribution in [0.25, 0.3) is 0 Å². The van der Waals surface area contributed by atoms with E-state index in [1.165, 1.54) is 5.56 Å².